The Balaban J connectivity index is 4.54. The predicted octanol–water partition coefficient (Wildman–Crippen LogP) is 1.83. The Bertz CT molecular complexity index is 280. The van der Waals surface area contributed by atoms with Gasteiger partial charge in [-0.2, -0.15) is 0 Å². The summed E-state index contributed by atoms with van der Waals surface area (Å²) in [6.07, 6.45) is 0. The van der Waals surface area contributed by atoms with Gasteiger partial charge in [0.05, 0.1) is 6.04 Å². The van der Waals surface area contributed by atoms with Crippen molar-refractivity contribution in [3.63, 3.8) is 0 Å². The first kappa shape index (κ1) is 17.9. The lowest BCUT2D eigenvalue weighted by molar-refractivity contribution is -0.125. The number of nitrogens with zero attached hydrogens (tertiary/aromatic N) is 1. The van der Waals surface area contributed by atoms with Crippen molar-refractivity contribution >= 4 is 11.9 Å². The van der Waals surface area contributed by atoms with Gasteiger partial charge in [-0.05, 0) is 25.7 Å². The van der Waals surface area contributed by atoms with Crippen LogP contribution in [0.15, 0.2) is 0 Å². The van der Waals surface area contributed by atoms with E-state index in [1.54, 1.807) is 0 Å². The topological polar surface area (TPSA) is 61.4 Å². The van der Waals surface area contributed by atoms with Gasteiger partial charge >= 0.3 is 6.03 Å². The second-order valence-electron chi connectivity index (χ2n) is 5.77. The molecule has 0 radical (unpaired) electrons. The van der Waals surface area contributed by atoms with E-state index in [0.29, 0.717) is 18.4 Å². The van der Waals surface area contributed by atoms with Crippen LogP contribution in [-0.4, -0.2) is 42.5 Å². The van der Waals surface area contributed by atoms with Crippen LogP contribution in [0, 0.1) is 11.8 Å². The van der Waals surface area contributed by atoms with Crippen LogP contribution in [0.5, 0.6) is 0 Å². The molecule has 5 heteroatoms. The maximum absolute atomic E-state index is 12.0. The van der Waals surface area contributed by atoms with Crippen molar-refractivity contribution in [2.75, 3.05) is 19.6 Å². The minimum Gasteiger partial charge on any atom is -0.338 e. The van der Waals surface area contributed by atoms with E-state index in [4.69, 9.17) is 0 Å². The normalized spacial score (nSPS) is 12.9. The second-order valence-corrected chi connectivity index (χ2v) is 5.77. The number of urea groups is 1. The number of rotatable bonds is 7. The molecule has 0 bridgehead atoms. The summed E-state index contributed by atoms with van der Waals surface area (Å²) in [6, 6.07) is -0.721. The van der Waals surface area contributed by atoms with Gasteiger partial charge in [-0.3, -0.25) is 15.0 Å². The van der Waals surface area contributed by atoms with E-state index in [1.807, 2.05) is 13.8 Å². The van der Waals surface area contributed by atoms with Gasteiger partial charge in [0.2, 0.25) is 5.91 Å². The standard InChI is InChI=1S/C14H29N3O2/c1-7-15-14(19)16-13(18)12(6)17(8-10(2)3)9-11(4)5/h10-12H,7-9H2,1-6H3,(H2,15,16,18,19)/t12-/m0/s1. The Hall–Kier alpha value is -1.10. The largest absolute Gasteiger partial charge is 0.338 e. The molecule has 0 spiro atoms. The molecule has 3 amide bonds. The van der Waals surface area contributed by atoms with E-state index in [9.17, 15) is 9.59 Å². The van der Waals surface area contributed by atoms with E-state index < -0.39 is 6.03 Å². The average Bonchev–Trinajstić information content (AvgIpc) is 2.25. The van der Waals surface area contributed by atoms with Crippen molar-refractivity contribution in [1.29, 1.82) is 0 Å². The summed E-state index contributed by atoms with van der Waals surface area (Å²) >= 11 is 0. The van der Waals surface area contributed by atoms with Crippen molar-refractivity contribution in [1.82, 2.24) is 15.5 Å². The zero-order valence-electron chi connectivity index (χ0n) is 13.1. The van der Waals surface area contributed by atoms with Gasteiger partial charge in [0.1, 0.15) is 0 Å². The monoisotopic (exact) mass is 271 g/mol. The lowest BCUT2D eigenvalue weighted by atomic mass is 10.1. The minimum atomic E-state index is -0.423. The number of imide groups is 1. The van der Waals surface area contributed by atoms with Crippen molar-refractivity contribution < 1.29 is 9.59 Å². The molecule has 0 aromatic heterocycles. The maximum Gasteiger partial charge on any atom is 0.321 e. The van der Waals surface area contributed by atoms with Gasteiger partial charge in [0, 0.05) is 19.6 Å². The first-order valence-electron chi connectivity index (χ1n) is 7.10. The Kier molecular flexibility index (Phi) is 8.39. The highest BCUT2D eigenvalue weighted by atomic mass is 16.2. The van der Waals surface area contributed by atoms with Crippen LogP contribution in [0.25, 0.3) is 0 Å². The quantitative estimate of drug-likeness (QED) is 0.742. The fourth-order valence-electron chi connectivity index (χ4n) is 1.92. The summed E-state index contributed by atoms with van der Waals surface area (Å²) in [5.74, 6) is 0.726. The molecule has 0 rings (SSSR count). The fourth-order valence-corrected chi connectivity index (χ4v) is 1.92. The van der Waals surface area contributed by atoms with Crippen LogP contribution in [0.3, 0.4) is 0 Å². The molecule has 112 valence electrons. The molecule has 0 saturated carbocycles. The zero-order valence-corrected chi connectivity index (χ0v) is 13.1. The first-order chi connectivity index (χ1) is 8.77. The third-order valence-electron chi connectivity index (χ3n) is 2.70. The lowest BCUT2D eigenvalue weighted by Crippen LogP contribution is -2.51. The van der Waals surface area contributed by atoms with Crippen LogP contribution in [0.4, 0.5) is 4.79 Å². The fraction of sp³-hybridized carbons (Fsp3) is 0.857. The predicted molar refractivity (Wildman–Crippen MR) is 77.9 cm³/mol. The van der Waals surface area contributed by atoms with Crippen LogP contribution in [-0.2, 0) is 4.79 Å². The van der Waals surface area contributed by atoms with E-state index >= 15 is 0 Å². The smallest absolute Gasteiger partial charge is 0.321 e. The van der Waals surface area contributed by atoms with Crippen molar-refractivity contribution in [2.45, 2.75) is 47.6 Å². The van der Waals surface area contributed by atoms with Gasteiger partial charge in [0.15, 0.2) is 0 Å². The molecule has 0 aromatic rings. The molecule has 0 fully saturated rings. The highest BCUT2D eigenvalue weighted by Crippen LogP contribution is 2.08. The van der Waals surface area contributed by atoms with Gasteiger partial charge in [-0.25, -0.2) is 4.79 Å². The number of carbonyl (C=O) groups excluding carboxylic acids is 2. The Morgan fingerprint density at radius 2 is 1.47 bits per heavy atom. The average molecular weight is 271 g/mol. The third-order valence-corrected chi connectivity index (χ3v) is 2.70. The van der Waals surface area contributed by atoms with Gasteiger partial charge in [-0.15, -0.1) is 0 Å². The third kappa shape index (κ3) is 7.82. The van der Waals surface area contributed by atoms with E-state index in [0.717, 1.165) is 13.1 Å². The Labute approximate surface area is 117 Å². The molecule has 19 heavy (non-hydrogen) atoms. The van der Waals surface area contributed by atoms with E-state index in [-0.39, 0.29) is 11.9 Å². The van der Waals surface area contributed by atoms with Crippen LogP contribution >= 0.6 is 0 Å². The molecule has 5 nitrogen and oxygen atoms in total. The Morgan fingerprint density at radius 1 is 1.00 bits per heavy atom. The molecule has 1 atom stereocenters. The highest BCUT2D eigenvalue weighted by molar-refractivity contribution is 5.96. The number of hydrogen-bond donors (Lipinski definition) is 2. The molecule has 0 unspecified atom stereocenters. The Morgan fingerprint density at radius 3 is 1.84 bits per heavy atom. The van der Waals surface area contributed by atoms with Gasteiger partial charge in [-0.1, -0.05) is 27.7 Å². The minimum absolute atomic E-state index is 0.243. The van der Waals surface area contributed by atoms with Crippen LogP contribution < -0.4 is 10.6 Å². The van der Waals surface area contributed by atoms with Crippen molar-refractivity contribution in [3.8, 4) is 0 Å². The first-order valence-corrected chi connectivity index (χ1v) is 7.10. The summed E-state index contributed by atoms with van der Waals surface area (Å²) in [6.45, 7) is 14.4. The molecule has 0 saturated heterocycles. The molecular weight excluding hydrogens is 242 g/mol. The molecule has 0 aliphatic rings. The molecule has 0 aliphatic carbocycles. The molecule has 0 aromatic carbocycles. The van der Waals surface area contributed by atoms with Crippen molar-refractivity contribution in [3.05, 3.63) is 0 Å². The van der Waals surface area contributed by atoms with Gasteiger partial charge < -0.3 is 5.32 Å². The van der Waals surface area contributed by atoms with E-state index in [2.05, 4.69) is 43.2 Å². The number of carbonyl (C=O) groups is 2. The van der Waals surface area contributed by atoms with E-state index in [1.165, 1.54) is 0 Å². The maximum atomic E-state index is 12.0. The second kappa shape index (κ2) is 8.91. The molecule has 0 aliphatic heterocycles. The summed E-state index contributed by atoms with van der Waals surface area (Å²) in [5, 5.41) is 4.94. The summed E-state index contributed by atoms with van der Waals surface area (Å²) in [5.41, 5.74) is 0. The molecular formula is C14H29N3O2. The number of hydrogen-bond acceptors (Lipinski definition) is 3. The summed E-state index contributed by atoms with van der Waals surface area (Å²) in [7, 11) is 0. The number of nitrogens with one attached hydrogen (secondary N) is 2. The van der Waals surface area contributed by atoms with Gasteiger partial charge in [0.25, 0.3) is 0 Å². The number of amides is 3. The van der Waals surface area contributed by atoms with Crippen LogP contribution in [0.2, 0.25) is 0 Å². The van der Waals surface area contributed by atoms with Crippen LogP contribution in [0.1, 0.15) is 41.5 Å². The molecule has 0 heterocycles. The zero-order chi connectivity index (χ0) is 15.0. The SMILES string of the molecule is CCNC(=O)NC(=O)[C@H](C)N(CC(C)C)CC(C)C. The lowest BCUT2D eigenvalue weighted by Gasteiger charge is -2.31. The van der Waals surface area contributed by atoms with Crippen molar-refractivity contribution in [2.24, 2.45) is 11.8 Å². The summed E-state index contributed by atoms with van der Waals surface area (Å²) in [4.78, 5) is 25.5. The highest BCUT2D eigenvalue weighted by Gasteiger charge is 2.23. The summed E-state index contributed by atoms with van der Waals surface area (Å²) < 4.78 is 0. The molecule has 2 N–H and O–H groups in total.